The van der Waals surface area contributed by atoms with Crippen LogP contribution in [-0.2, 0) is 0 Å². The van der Waals surface area contributed by atoms with Gasteiger partial charge in [0.25, 0.3) is 0 Å². The van der Waals surface area contributed by atoms with Crippen LogP contribution in [0.3, 0.4) is 0 Å². The zero-order valence-electron chi connectivity index (χ0n) is 9.15. The molecule has 0 aromatic rings. The molecule has 0 unspecified atom stereocenters. The highest BCUT2D eigenvalue weighted by Crippen LogP contribution is 2.25. The Morgan fingerprint density at radius 3 is 2.54 bits per heavy atom. The summed E-state index contributed by atoms with van der Waals surface area (Å²) in [6.07, 6.45) is 11.5. The topological polar surface area (TPSA) is 12.0 Å². The molecule has 0 bridgehead atoms. The molecule has 78 valence electrons. The summed E-state index contributed by atoms with van der Waals surface area (Å²) in [5, 5.41) is 3.53. The lowest BCUT2D eigenvalue weighted by Crippen LogP contribution is -2.20. The molecule has 13 heavy (non-hydrogen) atoms. The summed E-state index contributed by atoms with van der Waals surface area (Å²) in [5.41, 5.74) is 0. The minimum Gasteiger partial charge on any atom is -0.317 e. The standard InChI is InChI=1S/C12H25N/c1-2-3-10-13-11-9-12-7-5-4-6-8-12/h12-13H,2-11H2,1H3. The third kappa shape index (κ3) is 5.30. The number of nitrogens with one attached hydrogen (secondary N) is 1. The van der Waals surface area contributed by atoms with Gasteiger partial charge in [0, 0.05) is 0 Å². The highest BCUT2D eigenvalue weighted by molar-refractivity contribution is 4.66. The summed E-state index contributed by atoms with van der Waals surface area (Å²) in [7, 11) is 0. The van der Waals surface area contributed by atoms with Crippen molar-refractivity contribution < 1.29 is 0 Å². The summed E-state index contributed by atoms with van der Waals surface area (Å²) >= 11 is 0. The fourth-order valence-electron chi connectivity index (χ4n) is 2.21. The zero-order valence-corrected chi connectivity index (χ0v) is 9.15. The molecule has 0 aromatic heterocycles. The second-order valence-electron chi connectivity index (χ2n) is 4.40. The van der Waals surface area contributed by atoms with E-state index in [0.717, 1.165) is 5.92 Å². The molecule has 1 nitrogen and oxygen atoms in total. The Morgan fingerprint density at radius 2 is 1.85 bits per heavy atom. The van der Waals surface area contributed by atoms with E-state index in [2.05, 4.69) is 12.2 Å². The van der Waals surface area contributed by atoms with Gasteiger partial charge in [-0.1, -0.05) is 45.4 Å². The van der Waals surface area contributed by atoms with Crippen molar-refractivity contribution in [1.82, 2.24) is 5.32 Å². The summed E-state index contributed by atoms with van der Waals surface area (Å²) in [6.45, 7) is 4.73. The van der Waals surface area contributed by atoms with E-state index < -0.39 is 0 Å². The third-order valence-corrected chi connectivity index (χ3v) is 3.16. The van der Waals surface area contributed by atoms with Gasteiger partial charge in [-0.25, -0.2) is 0 Å². The number of hydrogen-bond acceptors (Lipinski definition) is 1. The Balaban J connectivity index is 1.86. The fourth-order valence-corrected chi connectivity index (χ4v) is 2.21. The van der Waals surface area contributed by atoms with Gasteiger partial charge in [0.2, 0.25) is 0 Å². The molecule has 1 fully saturated rings. The molecule has 0 aromatic carbocycles. The van der Waals surface area contributed by atoms with Crippen LogP contribution in [0.15, 0.2) is 0 Å². The Bertz CT molecular complexity index is 106. The first-order chi connectivity index (χ1) is 6.43. The van der Waals surface area contributed by atoms with Crippen molar-refractivity contribution in [3.05, 3.63) is 0 Å². The van der Waals surface area contributed by atoms with Crippen molar-refractivity contribution >= 4 is 0 Å². The first-order valence-electron chi connectivity index (χ1n) is 6.14. The average molecular weight is 183 g/mol. The quantitative estimate of drug-likeness (QED) is 0.623. The monoisotopic (exact) mass is 183 g/mol. The average Bonchev–Trinajstić information content (AvgIpc) is 2.19. The highest BCUT2D eigenvalue weighted by Gasteiger charge is 2.11. The van der Waals surface area contributed by atoms with Crippen molar-refractivity contribution in [1.29, 1.82) is 0 Å². The van der Waals surface area contributed by atoms with E-state index in [9.17, 15) is 0 Å². The van der Waals surface area contributed by atoms with Crippen LogP contribution >= 0.6 is 0 Å². The van der Waals surface area contributed by atoms with E-state index in [1.54, 1.807) is 0 Å². The Kier molecular flexibility index (Phi) is 6.26. The summed E-state index contributed by atoms with van der Waals surface area (Å²) < 4.78 is 0. The molecule has 1 rings (SSSR count). The van der Waals surface area contributed by atoms with Crippen LogP contribution in [0.1, 0.15) is 58.3 Å². The summed E-state index contributed by atoms with van der Waals surface area (Å²) in [4.78, 5) is 0. The normalized spacial score (nSPS) is 19.2. The molecule has 0 radical (unpaired) electrons. The minimum atomic E-state index is 1.04. The second-order valence-corrected chi connectivity index (χ2v) is 4.40. The molecule has 1 heteroatoms. The highest BCUT2D eigenvalue weighted by atomic mass is 14.8. The molecule has 0 heterocycles. The van der Waals surface area contributed by atoms with E-state index in [1.165, 1.54) is 64.5 Å². The molecule has 1 aliphatic rings. The first kappa shape index (κ1) is 11.0. The van der Waals surface area contributed by atoms with E-state index in [0.29, 0.717) is 0 Å². The van der Waals surface area contributed by atoms with Crippen LogP contribution in [0, 0.1) is 5.92 Å². The van der Waals surface area contributed by atoms with Gasteiger partial charge in [0.15, 0.2) is 0 Å². The predicted octanol–water partition coefficient (Wildman–Crippen LogP) is 3.35. The van der Waals surface area contributed by atoms with Crippen LogP contribution in [0.25, 0.3) is 0 Å². The molecule has 1 N–H and O–H groups in total. The van der Waals surface area contributed by atoms with Crippen LogP contribution in [-0.4, -0.2) is 13.1 Å². The van der Waals surface area contributed by atoms with E-state index >= 15 is 0 Å². The molecule has 0 amide bonds. The van der Waals surface area contributed by atoms with Crippen LogP contribution in [0.5, 0.6) is 0 Å². The maximum atomic E-state index is 3.53. The van der Waals surface area contributed by atoms with E-state index in [4.69, 9.17) is 0 Å². The lowest BCUT2D eigenvalue weighted by molar-refractivity contribution is 0.334. The molecule has 0 atom stereocenters. The molecule has 1 saturated carbocycles. The Labute approximate surface area is 83.3 Å². The molecule has 0 saturated heterocycles. The number of rotatable bonds is 6. The van der Waals surface area contributed by atoms with Crippen molar-refractivity contribution in [2.45, 2.75) is 58.3 Å². The van der Waals surface area contributed by atoms with Crippen molar-refractivity contribution in [2.24, 2.45) is 5.92 Å². The maximum Gasteiger partial charge on any atom is -0.00463 e. The van der Waals surface area contributed by atoms with Gasteiger partial charge in [-0.3, -0.25) is 0 Å². The van der Waals surface area contributed by atoms with Crippen molar-refractivity contribution in [3.8, 4) is 0 Å². The number of unbranched alkanes of at least 4 members (excludes halogenated alkanes) is 1. The molecule has 0 aliphatic heterocycles. The largest absolute Gasteiger partial charge is 0.317 e. The number of hydrogen-bond donors (Lipinski definition) is 1. The Morgan fingerprint density at radius 1 is 1.08 bits per heavy atom. The zero-order chi connectivity index (χ0) is 9.36. The van der Waals surface area contributed by atoms with Gasteiger partial charge < -0.3 is 5.32 Å². The molecular weight excluding hydrogens is 158 g/mol. The SMILES string of the molecule is CCCCNCCC1CCCCC1. The van der Waals surface area contributed by atoms with Crippen LogP contribution < -0.4 is 5.32 Å². The Hall–Kier alpha value is -0.0400. The first-order valence-corrected chi connectivity index (χ1v) is 6.14. The molecule has 0 spiro atoms. The van der Waals surface area contributed by atoms with Crippen LogP contribution in [0.4, 0.5) is 0 Å². The summed E-state index contributed by atoms with van der Waals surface area (Å²) in [6, 6.07) is 0. The second kappa shape index (κ2) is 7.37. The van der Waals surface area contributed by atoms with Gasteiger partial charge in [-0.05, 0) is 31.8 Å². The smallest absolute Gasteiger partial charge is 0.00463 e. The van der Waals surface area contributed by atoms with Gasteiger partial charge in [0.1, 0.15) is 0 Å². The fraction of sp³-hybridized carbons (Fsp3) is 1.00. The van der Waals surface area contributed by atoms with Crippen molar-refractivity contribution in [2.75, 3.05) is 13.1 Å². The third-order valence-electron chi connectivity index (χ3n) is 3.16. The lowest BCUT2D eigenvalue weighted by Gasteiger charge is -2.21. The van der Waals surface area contributed by atoms with Crippen LogP contribution in [0.2, 0.25) is 0 Å². The van der Waals surface area contributed by atoms with E-state index in [-0.39, 0.29) is 0 Å². The predicted molar refractivity (Wildman–Crippen MR) is 59.0 cm³/mol. The van der Waals surface area contributed by atoms with Crippen molar-refractivity contribution in [3.63, 3.8) is 0 Å². The lowest BCUT2D eigenvalue weighted by atomic mass is 9.87. The molecule has 1 aliphatic carbocycles. The van der Waals surface area contributed by atoms with E-state index in [1.807, 2.05) is 0 Å². The summed E-state index contributed by atoms with van der Waals surface area (Å²) in [5.74, 6) is 1.04. The maximum absolute atomic E-state index is 3.53. The molecular formula is C12H25N. The van der Waals surface area contributed by atoms with Gasteiger partial charge >= 0.3 is 0 Å². The van der Waals surface area contributed by atoms with Gasteiger partial charge in [-0.15, -0.1) is 0 Å². The van der Waals surface area contributed by atoms with Gasteiger partial charge in [-0.2, -0.15) is 0 Å². The van der Waals surface area contributed by atoms with Gasteiger partial charge in [0.05, 0.1) is 0 Å². The minimum absolute atomic E-state index is 1.04.